The number of hydrogen-bond acceptors (Lipinski definition) is 4. The summed E-state index contributed by atoms with van der Waals surface area (Å²) in [5, 5.41) is 0. The largest absolute Gasteiger partial charge is 0.423 e. The van der Waals surface area contributed by atoms with Crippen molar-refractivity contribution < 1.29 is 9.21 Å². The van der Waals surface area contributed by atoms with Crippen molar-refractivity contribution >= 4 is 23.4 Å². The van der Waals surface area contributed by atoms with E-state index in [0.29, 0.717) is 22.7 Å². The lowest BCUT2D eigenvalue weighted by Gasteiger charge is -2.03. The molecule has 0 saturated carbocycles. The van der Waals surface area contributed by atoms with Gasteiger partial charge in [-0.3, -0.25) is 4.79 Å². The van der Waals surface area contributed by atoms with Gasteiger partial charge in [-0.05, 0) is 18.2 Å². The highest BCUT2D eigenvalue weighted by molar-refractivity contribution is 5.84. The quantitative estimate of drug-likeness (QED) is 0.676. The van der Waals surface area contributed by atoms with Gasteiger partial charge in [0.25, 0.3) is 6.01 Å². The summed E-state index contributed by atoms with van der Waals surface area (Å²) < 4.78 is 5.43. The Hall–Kier alpha value is -1.84. The summed E-state index contributed by atoms with van der Waals surface area (Å²) in [6, 6.07) is 5.71. The average Bonchev–Trinajstić information content (AvgIpc) is 2.59. The molecule has 4 nitrogen and oxygen atoms in total. The number of carbonyl (C=O) groups excluding carboxylic acids is 1. The Labute approximate surface area is 81.1 Å². The Morgan fingerprint density at radius 1 is 1.43 bits per heavy atom. The number of oxazole rings is 1. The first kappa shape index (κ1) is 8.74. The van der Waals surface area contributed by atoms with Crippen molar-refractivity contribution in [2.24, 2.45) is 0 Å². The summed E-state index contributed by atoms with van der Waals surface area (Å²) in [5.41, 5.74) is 2.01. The van der Waals surface area contributed by atoms with E-state index in [-0.39, 0.29) is 0 Å². The van der Waals surface area contributed by atoms with Gasteiger partial charge < -0.3 is 9.32 Å². The summed E-state index contributed by atoms with van der Waals surface area (Å²) in [4.78, 5) is 16.5. The van der Waals surface area contributed by atoms with Crippen molar-refractivity contribution in [2.45, 2.75) is 0 Å². The van der Waals surface area contributed by atoms with Crippen LogP contribution in [0.3, 0.4) is 0 Å². The molecule has 2 aromatic rings. The van der Waals surface area contributed by atoms with E-state index in [0.717, 1.165) is 6.29 Å². The predicted molar refractivity (Wildman–Crippen MR) is 53.7 cm³/mol. The number of fused-ring (bicyclic) bond motifs is 1. The zero-order valence-electron chi connectivity index (χ0n) is 8.02. The SMILES string of the molecule is CN(C)c1nc2cc(C=O)ccc2o1. The monoisotopic (exact) mass is 190 g/mol. The van der Waals surface area contributed by atoms with Crippen molar-refractivity contribution in [2.75, 3.05) is 19.0 Å². The summed E-state index contributed by atoms with van der Waals surface area (Å²) in [6.45, 7) is 0. The lowest BCUT2D eigenvalue weighted by molar-refractivity contribution is 0.112. The topological polar surface area (TPSA) is 46.3 Å². The Morgan fingerprint density at radius 2 is 2.21 bits per heavy atom. The molecule has 14 heavy (non-hydrogen) atoms. The van der Waals surface area contributed by atoms with Gasteiger partial charge >= 0.3 is 0 Å². The van der Waals surface area contributed by atoms with Crippen LogP contribution in [0.5, 0.6) is 0 Å². The lowest BCUT2D eigenvalue weighted by atomic mass is 10.2. The smallest absolute Gasteiger partial charge is 0.297 e. The van der Waals surface area contributed by atoms with E-state index < -0.39 is 0 Å². The standard InChI is InChI=1S/C10H10N2O2/c1-12(2)10-11-8-5-7(6-13)3-4-9(8)14-10/h3-6H,1-2H3. The third-order valence-electron chi connectivity index (χ3n) is 1.92. The molecule has 0 aliphatic heterocycles. The molecule has 0 fully saturated rings. The lowest BCUT2D eigenvalue weighted by Crippen LogP contribution is -2.08. The molecule has 0 saturated heterocycles. The second-order valence-electron chi connectivity index (χ2n) is 3.24. The van der Waals surface area contributed by atoms with Gasteiger partial charge in [0.2, 0.25) is 0 Å². The normalized spacial score (nSPS) is 10.4. The fourth-order valence-corrected chi connectivity index (χ4v) is 1.20. The van der Waals surface area contributed by atoms with Crippen molar-refractivity contribution in [3.8, 4) is 0 Å². The number of hydrogen-bond donors (Lipinski definition) is 0. The van der Waals surface area contributed by atoms with Crippen LogP contribution in [0.4, 0.5) is 6.01 Å². The number of aromatic nitrogens is 1. The Morgan fingerprint density at radius 3 is 2.86 bits per heavy atom. The van der Waals surface area contributed by atoms with E-state index in [1.54, 1.807) is 23.1 Å². The fraction of sp³-hybridized carbons (Fsp3) is 0.200. The van der Waals surface area contributed by atoms with Gasteiger partial charge in [0.05, 0.1) is 0 Å². The maximum Gasteiger partial charge on any atom is 0.297 e. The third-order valence-corrected chi connectivity index (χ3v) is 1.92. The van der Waals surface area contributed by atoms with E-state index in [2.05, 4.69) is 4.98 Å². The van der Waals surface area contributed by atoms with Crippen LogP contribution in [0.15, 0.2) is 22.6 Å². The van der Waals surface area contributed by atoms with Gasteiger partial charge in [0.1, 0.15) is 11.8 Å². The van der Waals surface area contributed by atoms with E-state index in [9.17, 15) is 4.79 Å². The van der Waals surface area contributed by atoms with Gasteiger partial charge in [-0.25, -0.2) is 0 Å². The molecule has 1 aromatic heterocycles. The molecule has 0 bridgehead atoms. The van der Waals surface area contributed by atoms with Crippen LogP contribution in [0.25, 0.3) is 11.1 Å². The molecule has 0 radical (unpaired) electrons. The van der Waals surface area contributed by atoms with Crippen molar-refractivity contribution in [1.82, 2.24) is 4.98 Å². The maximum atomic E-state index is 10.5. The molecular weight excluding hydrogens is 180 g/mol. The zero-order chi connectivity index (χ0) is 10.1. The summed E-state index contributed by atoms with van der Waals surface area (Å²) in [6.07, 6.45) is 0.795. The number of rotatable bonds is 2. The number of nitrogens with zero attached hydrogens (tertiary/aromatic N) is 2. The van der Waals surface area contributed by atoms with Crippen molar-refractivity contribution in [3.05, 3.63) is 23.8 Å². The Balaban J connectivity index is 2.59. The van der Waals surface area contributed by atoms with E-state index in [4.69, 9.17) is 4.42 Å². The van der Waals surface area contributed by atoms with E-state index >= 15 is 0 Å². The number of carbonyl (C=O) groups is 1. The summed E-state index contributed by atoms with van der Waals surface area (Å²) >= 11 is 0. The van der Waals surface area contributed by atoms with Crippen LogP contribution >= 0.6 is 0 Å². The van der Waals surface area contributed by atoms with Crippen LogP contribution in [0.2, 0.25) is 0 Å². The van der Waals surface area contributed by atoms with Crippen LogP contribution < -0.4 is 4.90 Å². The first-order chi connectivity index (χ1) is 6.70. The summed E-state index contributed by atoms with van der Waals surface area (Å²) in [7, 11) is 3.71. The molecule has 0 unspecified atom stereocenters. The van der Waals surface area contributed by atoms with Gasteiger partial charge in [-0.2, -0.15) is 4.98 Å². The maximum absolute atomic E-state index is 10.5. The Kier molecular flexibility index (Phi) is 1.96. The molecule has 1 aromatic carbocycles. The highest BCUT2D eigenvalue weighted by atomic mass is 16.4. The van der Waals surface area contributed by atoms with E-state index in [1.165, 1.54) is 0 Å². The highest BCUT2D eigenvalue weighted by Gasteiger charge is 2.07. The first-order valence-corrected chi connectivity index (χ1v) is 4.24. The highest BCUT2D eigenvalue weighted by Crippen LogP contribution is 2.20. The van der Waals surface area contributed by atoms with Gasteiger partial charge in [0.15, 0.2) is 5.58 Å². The number of aldehydes is 1. The molecule has 72 valence electrons. The molecule has 0 spiro atoms. The fourth-order valence-electron chi connectivity index (χ4n) is 1.20. The second kappa shape index (κ2) is 3.14. The minimum absolute atomic E-state index is 0.544. The van der Waals surface area contributed by atoms with Crippen LogP contribution in [0.1, 0.15) is 10.4 Å². The van der Waals surface area contributed by atoms with E-state index in [1.807, 2.05) is 14.1 Å². The zero-order valence-corrected chi connectivity index (χ0v) is 8.02. The molecule has 0 aliphatic rings. The van der Waals surface area contributed by atoms with Gasteiger partial charge in [0, 0.05) is 19.7 Å². The van der Waals surface area contributed by atoms with Crippen molar-refractivity contribution in [1.29, 1.82) is 0 Å². The molecule has 0 aliphatic carbocycles. The third kappa shape index (κ3) is 1.35. The molecule has 1 heterocycles. The first-order valence-electron chi connectivity index (χ1n) is 4.24. The molecule has 0 N–H and O–H groups in total. The molecule has 0 atom stereocenters. The predicted octanol–water partition coefficient (Wildman–Crippen LogP) is 1.71. The van der Waals surface area contributed by atoms with Crippen LogP contribution in [-0.2, 0) is 0 Å². The number of anilines is 1. The minimum atomic E-state index is 0.544. The molecule has 2 rings (SSSR count). The molecule has 4 heteroatoms. The van der Waals surface area contributed by atoms with Crippen LogP contribution in [0, 0.1) is 0 Å². The Bertz CT molecular complexity index is 474. The molecular formula is C10H10N2O2. The second-order valence-corrected chi connectivity index (χ2v) is 3.24. The molecule has 0 amide bonds. The van der Waals surface area contributed by atoms with Crippen molar-refractivity contribution in [3.63, 3.8) is 0 Å². The van der Waals surface area contributed by atoms with Gasteiger partial charge in [-0.1, -0.05) is 0 Å². The minimum Gasteiger partial charge on any atom is -0.423 e. The van der Waals surface area contributed by atoms with Crippen LogP contribution in [-0.4, -0.2) is 25.4 Å². The number of benzene rings is 1. The average molecular weight is 190 g/mol. The van der Waals surface area contributed by atoms with Gasteiger partial charge in [-0.15, -0.1) is 0 Å². The summed E-state index contributed by atoms with van der Waals surface area (Å²) in [5.74, 6) is 0.